The number of methoxy groups -OCH3 is 1. The average Bonchev–Trinajstić information content (AvgIpc) is 2.46. The van der Waals surface area contributed by atoms with Gasteiger partial charge in [0.15, 0.2) is 11.2 Å². The fourth-order valence-electron chi connectivity index (χ4n) is 1.81. The van der Waals surface area contributed by atoms with Crippen LogP contribution in [0, 0.1) is 0 Å². The number of hydrogen-bond donors (Lipinski definition) is 2. The first-order valence-electron chi connectivity index (χ1n) is 6.09. The predicted octanol–water partition coefficient (Wildman–Crippen LogP) is 0.530. The number of nitrogens with one attached hydrogen (secondary N) is 1. The van der Waals surface area contributed by atoms with Gasteiger partial charge in [0.05, 0.1) is 24.6 Å². The van der Waals surface area contributed by atoms with Gasteiger partial charge in [-0.1, -0.05) is 12.1 Å². The molecule has 0 aliphatic carbocycles. The molecule has 1 aromatic heterocycles. The first-order valence-corrected chi connectivity index (χ1v) is 6.09. The van der Waals surface area contributed by atoms with Crippen molar-refractivity contribution in [2.75, 3.05) is 20.3 Å². The second-order valence-corrected chi connectivity index (χ2v) is 4.28. The average molecular weight is 277 g/mol. The smallest absolute Gasteiger partial charge is 0.287 e. The maximum absolute atomic E-state index is 12.0. The number of carbonyl (C=O) groups is 1. The van der Waals surface area contributed by atoms with Crippen molar-refractivity contribution >= 4 is 16.9 Å². The quantitative estimate of drug-likeness (QED) is 0.832. The highest BCUT2D eigenvalue weighted by Gasteiger charge is 2.16. The second-order valence-electron chi connectivity index (χ2n) is 4.28. The summed E-state index contributed by atoms with van der Waals surface area (Å²) in [5, 5.41) is 12.0. The van der Waals surface area contributed by atoms with Crippen molar-refractivity contribution in [3.8, 4) is 0 Å². The number of hydrogen-bond acceptors (Lipinski definition) is 5. The predicted molar refractivity (Wildman–Crippen MR) is 72.7 cm³/mol. The van der Waals surface area contributed by atoms with Gasteiger partial charge >= 0.3 is 0 Å². The first-order chi connectivity index (χ1) is 9.65. The lowest BCUT2D eigenvalue weighted by Crippen LogP contribution is -2.40. The number of aliphatic hydroxyl groups is 1. The molecule has 0 aliphatic rings. The van der Waals surface area contributed by atoms with E-state index < -0.39 is 11.9 Å². The summed E-state index contributed by atoms with van der Waals surface area (Å²) in [4.78, 5) is 23.8. The molecule has 0 radical (unpaired) electrons. The lowest BCUT2D eigenvalue weighted by molar-refractivity contribution is 0.0814. The van der Waals surface area contributed by atoms with Crippen LogP contribution in [0.3, 0.4) is 0 Å². The Hall–Kier alpha value is -2.18. The van der Waals surface area contributed by atoms with Gasteiger partial charge in [0.1, 0.15) is 5.58 Å². The normalized spacial score (nSPS) is 12.3. The van der Waals surface area contributed by atoms with Crippen molar-refractivity contribution in [2.24, 2.45) is 0 Å². The number of aliphatic hydroxyl groups excluding tert-OH is 1. The summed E-state index contributed by atoms with van der Waals surface area (Å²) in [6.07, 6.45) is 0. The Bertz CT molecular complexity index is 664. The topological polar surface area (TPSA) is 88.8 Å². The van der Waals surface area contributed by atoms with Gasteiger partial charge in [0.25, 0.3) is 5.91 Å². The summed E-state index contributed by atoms with van der Waals surface area (Å²) in [6, 6.07) is 7.27. The van der Waals surface area contributed by atoms with Crippen LogP contribution in [0.15, 0.2) is 39.5 Å². The van der Waals surface area contributed by atoms with E-state index in [1.165, 1.54) is 7.11 Å². The molecule has 2 N–H and O–H groups in total. The molecule has 6 nitrogen and oxygen atoms in total. The summed E-state index contributed by atoms with van der Waals surface area (Å²) in [5.74, 6) is -0.660. The lowest BCUT2D eigenvalue weighted by atomic mass is 10.2. The third-order valence-corrected chi connectivity index (χ3v) is 2.78. The van der Waals surface area contributed by atoms with Crippen molar-refractivity contribution in [3.63, 3.8) is 0 Å². The molecule has 20 heavy (non-hydrogen) atoms. The minimum Gasteiger partial charge on any atom is -0.451 e. The molecule has 0 saturated carbocycles. The van der Waals surface area contributed by atoms with E-state index in [0.29, 0.717) is 11.0 Å². The Kier molecular flexibility index (Phi) is 4.49. The van der Waals surface area contributed by atoms with Crippen molar-refractivity contribution in [1.82, 2.24) is 5.32 Å². The highest BCUT2D eigenvalue weighted by Crippen LogP contribution is 2.11. The number of amides is 1. The van der Waals surface area contributed by atoms with Gasteiger partial charge in [-0.3, -0.25) is 9.59 Å². The molecule has 0 bridgehead atoms. The zero-order valence-corrected chi connectivity index (χ0v) is 11.0. The number of ether oxygens (including phenoxy) is 1. The number of fused-ring (bicyclic) bond motifs is 1. The number of carbonyl (C=O) groups excluding carboxylic acids is 1. The third kappa shape index (κ3) is 3.04. The minimum atomic E-state index is -0.566. The highest BCUT2D eigenvalue weighted by molar-refractivity contribution is 5.93. The van der Waals surface area contributed by atoms with Crippen LogP contribution in [-0.2, 0) is 4.74 Å². The van der Waals surface area contributed by atoms with Crippen LogP contribution in [0.1, 0.15) is 10.6 Å². The van der Waals surface area contributed by atoms with Crippen LogP contribution in [-0.4, -0.2) is 37.4 Å². The van der Waals surface area contributed by atoms with Gasteiger partial charge in [0.2, 0.25) is 0 Å². The maximum atomic E-state index is 12.0. The molecule has 106 valence electrons. The SMILES string of the molecule is COCC(CO)NC(=O)c1cc(=O)c2ccccc2o1. The van der Waals surface area contributed by atoms with Gasteiger partial charge in [0, 0.05) is 13.2 Å². The van der Waals surface area contributed by atoms with E-state index in [1.807, 2.05) is 0 Å². The minimum absolute atomic E-state index is 0.0942. The zero-order chi connectivity index (χ0) is 14.5. The van der Waals surface area contributed by atoms with E-state index >= 15 is 0 Å². The standard InChI is InChI=1S/C14H15NO5/c1-19-8-9(7-16)15-14(18)13-6-11(17)10-4-2-3-5-12(10)20-13/h2-6,9,16H,7-8H2,1H3,(H,15,18). The molecule has 2 rings (SSSR count). The molecule has 1 amide bonds. The molecule has 6 heteroatoms. The fourth-order valence-corrected chi connectivity index (χ4v) is 1.81. The molecule has 1 unspecified atom stereocenters. The largest absolute Gasteiger partial charge is 0.451 e. The fraction of sp³-hybridized carbons (Fsp3) is 0.286. The van der Waals surface area contributed by atoms with Crippen molar-refractivity contribution in [1.29, 1.82) is 0 Å². The van der Waals surface area contributed by atoms with Crippen LogP contribution in [0.5, 0.6) is 0 Å². The molecule has 1 heterocycles. The number of para-hydroxylation sites is 1. The summed E-state index contributed by atoms with van der Waals surface area (Å²) in [5.41, 5.74) is 0.0572. The Morgan fingerprint density at radius 2 is 2.20 bits per heavy atom. The molecule has 0 saturated heterocycles. The summed E-state index contributed by atoms with van der Waals surface area (Å²) < 4.78 is 10.3. The summed E-state index contributed by atoms with van der Waals surface area (Å²) in [6.45, 7) is -0.0998. The van der Waals surface area contributed by atoms with Crippen molar-refractivity contribution in [3.05, 3.63) is 46.3 Å². The first kappa shape index (κ1) is 14.2. The van der Waals surface area contributed by atoms with E-state index in [1.54, 1.807) is 24.3 Å². The van der Waals surface area contributed by atoms with E-state index in [4.69, 9.17) is 14.3 Å². The lowest BCUT2D eigenvalue weighted by Gasteiger charge is -2.14. The highest BCUT2D eigenvalue weighted by atomic mass is 16.5. The molecular weight excluding hydrogens is 262 g/mol. The Morgan fingerprint density at radius 3 is 2.90 bits per heavy atom. The van der Waals surface area contributed by atoms with Crippen LogP contribution in [0.2, 0.25) is 0 Å². The third-order valence-electron chi connectivity index (χ3n) is 2.78. The van der Waals surface area contributed by atoms with Gasteiger partial charge in [-0.25, -0.2) is 0 Å². The van der Waals surface area contributed by atoms with Crippen LogP contribution in [0.25, 0.3) is 11.0 Å². The Labute approximate surface area is 115 Å². The zero-order valence-electron chi connectivity index (χ0n) is 11.0. The van der Waals surface area contributed by atoms with E-state index in [-0.39, 0.29) is 24.4 Å². The van der Waals surface area contributed by atoms with E-state index in [0.717, 1.165) is 6.07 Å². The van der Waals surface area contributed by atoms with E-state index in [9.17, 15) is 9.59 Å². The molecule has 1 atom stereocenters. The Morgan fingerprint density at radius 1 is 1.45 bits per heavy atom. The molecule has 1 aromatic carbocycles. The number of rotatable bonds is 5. The van der Waals surface area contributed by atoms with Crippen LogP contribution >= 0.6 is 0 Å². The van der Waals surface area contributed by atoms with Crippen LogP contribution < -0.4 is 10.7 Å². The van der Waals surface area contributed by atoms with Gasteiger partial charge < -0.3 is 19.6 Å². The van der Waals surface area contributed by atoms with Gasteiger partial charge in [-0.2, -0.15) is 0 Å². The number of benzene rings is 1. The van der Waals surface area contributed by atoms with Gasteiger partial charge in [-0.05, 0) is 12.1 Å². The molecular formula is C14H15NO5. The van der Waals surface area contributed by atoms with Crippen LogP contribution in [0.4, 0.5) is 0 Å². The Balaban J connectivity index is 2.28. The summed E-state index contributed by atoms with van der Waals surface area (Å²) in [7, 11) is 1.46. The second kappa shape index (κ2) is 6.31. The molecule has 0 aliphatic heterocycles. The van der Waals surface area contributed by atoms with Gasteiger partial charge in [-0.15, -0.1) is 0 Å². The molecule has 2 aromatic rings. The van der Waals surface area contributed by atoms with E-state index in [2.05, 4.69) is 5.32 Å². The molecule has 0 spiro atoms. The maximum Gasteiger partial charge on any atom is 0.287 e. The van der Waals surface area contributed by atoms with Crippen molar-refractivity contribution in [2.45, 2.75) is 6.04 Å². The van der Waals surface area contributed by atoms with Crippen molar-refractivity contribution < 1.29 is 19.1 Å². The molecule has 0 fully saturated rings. The monoisotopic (exact) mass is 277 g/mol. The summed E-state index contributed by atoms with van der Waals surface area (Å²) >= 11 is 0.